The summed E-state index contributed by atoms with van der Waals surface area (Å²) >= 11 is 0. The smallest absolute Gasteiger partial charge is 0.150 e. The standard InChI is InChI=1S/C13H8FN3O.ClH/c14-12-6-5-11(17-13(12)9-16-18)4-3-10-2-1-7-15-8-10;/h1-2,5-9,18H;1H/b16-9-;. The van der Waals surface area contributed by atoms with Gasteiger partial charge in [-0.05, 0) is 30.2 Å². The number of halogens is 2. The molecule has 0 radical (unpaired) electrons. The summed E-state index contributed by atoms with van der Waals surface area (Å²) in [4.78, 5) is 7.82. The van der Waals surface area contributed by atoms with Crippen LogP contribution in [0.4, 0.5) is 4.39 Å². The molecule has 0 bridgehead atoms. The molecular formula is C13H9ClFN3O. The fourth-order valence-electron chi connectivity index (χ4n) is 1.25. The Kier molecular flexibility index (Phi) is 5.45. The molecule has 2 rings (SSSR count). The largest absolute Gasteiger partial charge is 0.411 e. The number of nitrogens with zero attached hydrogens (tertiary/aromatic N) is 3. The molecule has 0 aliphatic carbocycles. The van der Waals surface area contributed by atoms with Crippen LogP contribution < -0.4 is 0 Å². The molecule has 0 atom stereocenters. The van der Waals surface area contributed by atoms with E-state index < -0.39 is 5.82 Å². The highest BCUT2D eigenvalue weighted by atomic mass is 35.5. The third-order valence-electron chi connectivity index (χ3n) is 2.05. The Morgan fingerprint density at radius 2 is 2.11 bits per heavy atom. The van der Waals surface area contributed by atoms with E-state index in [0.717, 1.165) is 11.8 Å². The fraction of sp³-hybridized carbons (Fsp3) is 0. The van der Waals surface area contributed by atoms with E-state index >= 15 is 0 Å². The molecule has 0 amide bonds. The van der Waals surface area contributed by atoms with E-state index in [1.807, 2.05) is 0 Å². The lowest BCUT2D eigenvalue weighted by Gasteiger charge is -1.95. The van der Waals surface area contributed by atoms with Crippen LogP contribution >= 0.6 is 12.4 Å². The first-order chi connectivity index (χ1) is 8.79. The average molecular weight is 278 g/mol. The summed E-state index contributed by atoms with van der Waals surface area (Å²) in [6, 6.07) is 6.25. The summed E-state index contributed by atoms with van der Waals surface area (Å²) < 4.78 is 13.2. The Morgan fingerprint density at radius 1 is 1.26 bits per heavy atom. The predicted molar refractivity (Wildman–Crippen MR) is 71.0 cm³/mol. The molecule has 6 heteroatoms. The summed E-state index contributed by atoms with van der Waals surface area (Å²) in [6.45, 7) is 0. The van der Waals surface area contributed by atoms with Crippen molar-refractivity contribution in [1.82, 2.24) is 9.97 Å². The highest BCUT2D eigenvalue weighted by molar-refractivity contribution is 5.85. The van der Waals surface area contributed by atoms with Gasteiger partial charge in [0.1, 0.15) is 11.4 Å². The van der Waals surface area contributed by atoms with Gasteiger partial charge in [-0.2, -0.15) is 0 Å². The molecule has 0 aliphatic rings. The fourth-order valence-corrected chi connectivity index (χ4v) is 1.25. The molecule has 2 aromatic heterocycles. The first-order valence-electron chi connectivity index (χ1n) is 5.05. The maximum atomic E-state index is 13.2. The molecule has 19 heavy (non-hydrogen) atoms. The molecule has 0 spiro atoms. The van der Waals surface area contributed by atoms with Gasteiger partial charge in [0.15, 0.2) is 5.82 Å². The first kappa shape index (κ1) is 14.6. The van der Waals surface area contributed by atoms with E-state index in [1.165, 1.54) is 12.1 Å². The van der Waals surface area contributed by atoms with Crippen LogP contribution in [0.1, 0.15) is 17.0 Å². The van der Waals surface area contributed by atoms with Crippen LogP contribution in [0.15, 0.2) is 41.8 Å². The summed E-state index contributed by atoms with van der Waals surface area (Å²) in [5.41, 5.74) is 1.06. The van der Waals surface area contributed by atoms with Gasteiger partial charge < -0.3 is 5.21 Å². The number of hydrogen-bond acceptors (Lipinski definition) is 4. The second-order valence-electron chi connectivity index (χ2n) is 3.30. The van der Waals surface area contributed by atoms with E-state index in [9.17, 15) is 4.39 Å². The summed E-state index contributed by atoms with van der Waals surface area (Å²) in [6.07, 6.45) is 4.19. The molecule has 0 unspecified atom stereocenters. The lowest BCUT2D eigenvalue weighted by atomic mass is 10.2. The second kappa shape index (κ2) is 7.09. The normalized spacial score (nSPS) is 9.53. The van der Waals surface area contributed by atoms with Crippen LogP contribution in [0.25, 0.3) is 0 Å². The van der Waals surface area contributed by atoms with Gasteiger partial charge in [-0.1, -0.05) is 11.1 Å². The summed E-state index contributed by atoms with van der Waals surface area (Å²) in [7, 11) is 0. The van der Waals surface area contributed by atoms with Crippen molar-refractivity contribution >= 4 is 18.6 Å². The van der Waals surface area contributed by atoms with Crippen molar-refractivity contribution < 1.29 is 9.60 Å². The summed E-state index contributed by atoms with van der Waals surface area (Å²) in [5.74, 6) is 5.05. The monoisotopic (exact) mass is 277 g/mol. The second-order valence-corrected chi connectivity index (χ2v) is 3.30. The SMILES string of the molecule is Cl.O/N=C\c1nc(C#Cc2cccnc2)ccc1F. The van der Waals surface area contributed by atoms with Crippen LogP contribution in [-0.2, 0) is 0 Å². The number of hydrogen-bond donors (Lipinski definition) is 1. The van der Waals surface area contributed by atoms with Gasteiger partial charge in [0.25, 0.3) is 0 Å². The average Bonchev–Trinajstić information content (AvgIpc) is 2.41. The minimum Gasteiger partial charge on any atom is -0.411 e. The molecule has 0 fully saturated rings. The van der Waals surface area contributed by atoms with E-state index in [-0.39, 0.29) is 18.1 Å². The van der Waals surface area contributed by atoms with Crippen LogP contribution in [0.5, 0.6) is 0 Å². The number of aromatic nitrogens is 2. The van der Waals surface area contributed by atoms with Crippen molar-refractivity contribution in [2.45, 2.75) is 0 Å². The maximum absolute atomic E-state index is 13.2. The molecule has 0 saturated heterocycles. The Balaban J connectivity index is 0.00000180. The lowest BCUT2D eigenvalue weighted by molar-refractivity contribution is 0.321. The Labute approximate surface area is 115 Å². The molecule has 96 valence electrons. The minimum absolute atomic E-state index is 0. The van der Waals surface area contributed by atoms with E-state index in [4.69, 9.17) is 5.21 Å². The van der Waals surface area contributed by atoms with Gasteiger partial charge in [-0.15, -0.1) is 12.4 Å². The zero-order valence-electron chi connectivity index (χ0n) is 9.62. The van der Waals surface area contributed by atoms with Gasteiger partial charge >= 0.3 is 0 Å². The Hall–Kier alpha value is -2.45. The lowest BCUT2D eigenvalue weighted by Crippen LogP contribution is -1.95. The molecular weight excluding hydrogens is 269 g/mol. The Morgan fingerprint density at radius 3 is 2.79 bits per heavy atom. The zero-order chi connectivity index (χ0) is 12.8. The van der Waals surface area contributed by atoms with Gasteiger partial charge in [-0.25, -0.2) is 9.37 Å². The first-order valence-corrected chi connectivity index (χ1v) is 5.05. The van der Waals surface area contributed by atoms with Crippen molar-refractivity contribution in [1.29, 1.82) is 0 Å². The highest BCUT2D eigenvalue weighted by Crippen LogP contribution is 2.03. The van der Waals surface area contributed by atoms with E-state index in [0.29, 0.717) is 5.69 Å². The van der Waals surface area contributed by atoms with E-state index in [2.05, 4.69) is 27.0 Å². The predicted octanol–water partition coefficient (Wildman–Crippen LogP) is 2.25. The number of oxime groups is 1. The van der Waals surface area contributed by atoms with Crippen molar-refractivity contribution in [3.05, 3.63) is 59.4 Å². The van der Waals surface area contributed by atoms with E-state index in [1.54, 1.807) is 24.5 Å². The summed E-state index contributed by atoms with van der Waals surface area (Å²) in [5, 5.41) is 11.1. The maximum Gasteiger partial charge on any atom is 0.150 e. The van der Waals surface area contributed by atoms with Crippen molar-refractivity contribution in [3.63, 3.8) is 0 Å². The van der Waals surface area contributed by atoms with Gasteiger partial charge in [0, 0.05) is 18.0 Å². The molecule has 0 aliphatic heterocycles. The van der Waals surface area contributed by atoms with Gasteiger partial charge in [0.2, 0.25) is 0 Å². The third-order valence-corrected chi connectivity index (χ3v) is 2.05. The molecule has 4 nitrogen and oxygen atoms in total. The molecule has 1 N–H and O–H groups in total. The quantitative estimate of drug-likeness (QED) is 0.376. The Bertz CT molecular complexity index is 635. The molecule has 0 aromatic carbocycles. The highest BCUT2D eigenvalue weighted by Gasteiger charge is 2.01. The van der Waals surface area contributed by atoms with Crippen LogP contribution in [-0.4, -0.2) is 21.4 Å². The van der Waals surface area contributed by atoms with Crippen molar-refractivity contribution in [2.24, 2.45) is 5.16 Å². The molecule has 2 heterocycles. The minimum atomic E-state index is -0.570. The van der Waals surface area contributed by atoms with Crippen molar-refractivity contribution in [2.75, 3.05) is 0 Å². The van der Waals surface area contributed by atoms with Crippen LogP contribution in [0.2, 0.25) is 0 Å². The number of pyridine rings is 2. The number of rotatable bonds is 1. The van der Waals surface area contributed by atoms with Crippen LogP contribution in [0.3, 0.4) is 0 Å². The van der Waals surface area contributed by atoms with Gasteiger partial charge in [0.05, 0.1) is 6.21 Å². The molecule has 2 aromatic rings. The zero-order valence-corrected chi connectivity index (χ0v) is 10.4. The third kappa shape index (κ3) is 4.05. The topological polar surface area (TPSA) is 58.4 Å². The van der Waals surface area contributed by atoms with Gasteiger partial charge in [-0.3, -0.25) is 4.98 Å². The van der Waals surface area contributed by atoms with Crippen molar-refractivity contribution in [3.8, 4) is 11.8 Å². The molecule has 0 saturated carbocycles. The van der Waals surface area contributed by atoms with Crippen LogP contribution in [0, 0.1) is 17.7 Å².